The third-order valence-corrected chi connectivity index (χ3v) is 2.27. The number of halogens is 1. The Kier molecular flexibility index (Phi) is 5.66. The molecule has 2 N–H and O–H groups in total. The van der Waals surface area contributed by atoms with Crippen LogP contribution in [0.15, 0.2) is 12.4 Å². The molecule has 112 valence electrons. The molecular weight excluding hydrogens is 263 g/mol. The highest BCUT2D eigenvalue weighted by molar-refractivity contribution is 5.68. The Morgan fingerprint density at radius 1 is 1.40 bits per heavy atom. The fourth-order valence-corrected chi connectivity index (χ4v) is 1.40. The second-order valence-electron chi connectivity index (χ2n) is 5.49. The van der Waals surface area contributed by atoms with Crippen molar-refractivity contribution in [3.8, 4) is 0 Å². The molecule has 1 amide bonds. The van der Waals surface area contributed by atoms with Gasteiger partial charge in [0.25, 0.3) is 0 Å². The van der Waals surface area contributed by atoms with Gasteiger partial charge in [0.05, 0.1) is 12.4 Å². The van der Waals surface area contributed by atoms with E-state index < -0.39 is 17.6 Å². The smallest absolute Gasteiger partial charge is 0.407 e. The van der Waals surface area contributed by atoms with Gasteiger partial charge >= 0.3 is 6.09 Å². The van der Waals surface area contributed by atoms with Crippen LogP contribution in [0.25, 0.3) is 0 Å². The van der Waals surface area contributed by atoms with Crippen LogP contribution < -0.4 is 10.6 Å². The van der Waals surface area contributed by atoms with E-state index >= 15 is 0 Å². The predicted octanol–water partition coefficient (Wildman–Crippen LogP) is 2.33. The summed E-state index contributed by atoms with van der Waals surface area (Å²) < 4.78 is 17.7. The lowest BCUT2D eigenvalue weighted by Gasteiger charge is -2.22. The molecule has 0 bridgehead atoms. The summed E-state index contributed by atoms with van der Waals surface area (Å²) in [5.74, 6) is -0.119. The van der Waals surface area contributed by atoms with E-state index in [1.54, 1.807) is 0 Å². The summed E-state index contributed by atoms with van der Waals surface area (Å²) in [6.07, 6.45) is 2.61. The second-order valence-corrected chi connectivity index (χ2v) is 5.49. The summed E-state index contributed by atoms with van der Waals surface area (Å²) in [5.41, 5.74) is -0.508. The standard InChI is InChI=1S/C13H21FN4O2/c1-9(18-12(19)20-13(2,3)4)5-6-15-11-8-16-10(14)7-17-11/h7-9H,5-6H2,1-4H3,(H,15,17)(H,18,19)/t9-/m0/s1. The predicted molar refractivity (Wildman–Crippen MR) is 73.9 cm³/mol. The third-order valence-electron chi connectivity index (χ3n) is 2.27. The van der Waals surface area contributed by atoms with Gasteiger partial charge in [0, 0.05) is 12.6 Å². The van der Waals surface area contributed by atoms with Crippen LogP contribution >= 0.6 is 0 Å². The lowest BCUT2D eigenvalue weighted by molar-refractivity contribution is 0.0507. The van der Waals surface area contributed by atoms with Crippen LogP contribution in [0, 0.1) is 5.95 Å². The van der Waals surface area contributed by atoms with E-state index in [9.17, 15) is 9.18 Å². The van der Waals surface area contributed by atoms with E-state index in [2.05, 4.69) is 20.6 Å². The molecule has 0 aliphatic heterocycles. The number of carbonyl (C=O) groups excluding carboxylic acids is 1. The number of nitrogens with zero attached hydrogens (tertiary/aromatic N) is 2. The first-order valence-corrected chi connectivity index (χ1v) is 6.47. The Morgan fingerprint density at radius 2 is 2.10 bits per heavy atom. The highest BCUT2D eigenvalue weighted by Crippen LogP contribution is 2.07. The molecule has 0 spiro atoms. The molecule has 0 aliphatic rings. The Hall–Kier alpha value is -1.92. The van der Waals surface area contributed by atoms with Crippen LogP contribution in [0.1, 0.15) is 34.1 Å². The van der Waals surface area contributed by atoms with Crippen molar-refractivity contribution >= 4 is 11.9 Å². The number of amides is 1. The largest absolute Gasteiger partial charge is 0.444 e. The summed E-state index contributed by atoms with van der Waals surface area (Å²) >= 11 is 0. The molecular formula is C13H21FN4O2. The van der Waals surface area contributed by atoms with E-state index in [0.29, 0.717) is 18.8 Å². The zero-order valence-corrected chi connectivity index (χ0v) is 12.2. The van der Waals surface area contributed by atoms with E-state index in [4.69, 9.17) is 4.74 Å². The number of aromatic nitrogens is 2. The molecule has 0 unspecified atom stereocenters. The second kappa shape index (κ2) is 7.02. The maximum absolute atomic E-state index is 12.6. The Morgan fingerprint density at radius 3 is 2.65 bits per heavy atom. The normalized spacial score (nSPS) is 12.7. The van der Waals surface area contributed by atoms with Crippen LogP contribution in [0.3, 0.4) is 0 Å². The Bertz CT molecular complexity index is 431. The maximum Gasteiger partial charge on any atom is 0.407 e. The van der Waals surface area contributed by atoms with Crippen LogP contribution in [0.2, 0.25) is 0 Å². The summed E-state index contributed by atoms with van der Waals surface area (Å²) in [4.78, 5) is 18.8. The van der Waals surface area contributed by atoms with Crippen LogP contribution in [0.5, 0.6) is 0 Å². The third kappa shape index (κ3) is 6.86. The molecule has 1 heterocycles. The fourth-order valence-electron chi connectivity index (χ4n) is 1.40. The summed E-state index contributed by atoms with van der Waals surface area (Å²) in [6, 6.07) is -0.0502. The van der Waals surface area contributed by atoms with Gasteiger partial charge in [-0.15, -0.1) is 0 Å². The van der Waals surface area contributed by atoms with Gasteiger partial charge in [-0.1, -0.05) is 0 Å². The Labute approximate surface area is 118 Å². The molecule has 6 nitrogen and oxygen atoms in total. The van der Waals surface area contributed by atoms with Crippen LogP contribution in [-0.2, 0) is 4.74 Å². The first-order valence-electron chi connectivity index (χ1n) is 6.47. The van der Waals surface area contributed by atoms with Gasteiger partial charge in [0.2, 0.25) is 5.95 Å². The van der Waals surface area contributed by atoms with Crippen molar-refractivity contribution in [3.63, 3.8) is 0 Å². The maximum atomic E-state index is 12.6. The number of nitrogens with one attached hydrogen (secondary N) is 2. The number of hydrogen-bond acceptors (Lipinski definition) is 5. The number of anilines is 1. The molecule has 0 aromatic carbocycles. The molecule has 7 heteroatoms. The highest BCUT2D eigenvalue weighted by Gasteiger charge is 2.17. The van der Waals surface area contributed by atoms with Crippen molar-refractivity contribution < 1.29 is 13.9 Å². The van der Waals surface area contributed by atoms with Crippen LogP contribution in [0.4, 0.5) is 15.0 Å². The van der Waals surface area contributed by atoms with Crippen molar-refractivity contribution in [1.29, 1.82) is 0 Å². The zero-order chi connectivity index (χ0) is 15.2. The molecule has 1 aromatic rings. The van der Waals surface area contributed by atoms with E-state index in [-0.39, 0.29) is 6.04 Å². The van der Waals surface area contributed by atoms with Crippen molar-refractivity contribution in [3.05, 3.63) is 18.3 Å². The highest BCUT2D eigenvalue weighted by atomic mass is 19.1. The molecule has 0 saturated carbocycles. The fraction of sp³-hybridized carbons (Fsp3) is 0.615. The lowest BCUT2D eigenvalue weighted by Crippen LogP contribution is -2.38. The topological polar surface area (TPSA) is 76.1 Å². The van der Waals surface area contributed by atoms with Gasteiger partial charge in [-0.05, 0) is 34.1 Å². The van der Waals surface area contributed by atoms with E-state index in [1.165, 1.54) is 6.20 Å². The van der Waals surface area contributed by atoms with Crippen molar-refractivity contribution in [2.45, 2.75) is 45.8 Å². The average molecular weight is 284 g/mol. The minimum Gasteiger partial charge on any atom is -0.444 e. The first kappa shape index (κ1) is 16.1. The molecule has 1 rings (SSSR count). The minimum atomic E-state index is -0.615. The SMILES string of the molecule is C[C@@H](CCNc1cnc(F)cn1)NC(=O)OC(C)(C)C. The summed E-state index contributed by atoms with van der Waals surface area (Å²) in [5, 5.41) is 5.73. The zero-order valence-electron chi connectivity index (χ0n) is 12.2. The van der Waals surface area contributed by atoms with Gasteiger partial charge in [0.1, 0.15) is 11.4 Å². The summed E-state index contributed by atoms with van der Waals surface area (Å²) in [6.45, 7) is 7.89. The molecule has 20 heavy (non-hydrogen) atoms. The van der Waals surface area contributed by atoms with E-state index in [1.807, 2.05) is 27.7 Å². The van der Waals surface area contributed by atoms with Gasteiger partial charge in [0.15, 0.2) is 0 Å². The number of hydrogen-bond donors (Lipinski definition) is 2. The van der Waals surface area contributed by atoms with Crippen LogP contribution in [-0.4, -0.2) is 34.2 Å². The first-order chi connectivity index (χ1) is 9.26. The van der Waals surface area contributed by atoms with Crippen molar-refractivity contribution in [2.75, 3.05) is 11.9 Å². The quantitative estimate of drug-likeness (QED) is 0.868. The summed E-state index contributed by atoms with van der Waals surface area (Å²) in [7, 11) is 0. The Balaban J connectivity index is 2.24. The molecule has 0 radical (unpaired) electrons. The lowest BCUT2D eigenvalue weighted by atomic mass is 10.2. The number of alkyl carbamates (subject to hydrolysis) is 1. The molecule has 1 atom stereocenters. The number of carbonyl (C=O) groups is 1. The number of ether oxygens (including phenoxy) is 1. The van der Waals surface area contributed by atoms with Gasteiger partial charge in [-0.25, -0.2) is 14.8 Å². The molecule has 0 saturated heterocycles. The van der Waals surface area contributed by atoms with Crippen molar-refractivity contribution in [2.24, 2.45) is 0 Å². The molecule has 0 aliphatic carbocycles. The molecule has 0 fully saturated rings. The van der Waals surface area contributed by atoms with Gasteiger partial charge in [-0.3, -0.25) is 0 Å². The minimum absolute atomic E-state index is 0.0502. The molecule has 1 aromatic heterocycles. The average Bonchev–Trinajstić information content (AvgIpc) is 2.29. The van der Waals surface area contributed by atoms with E-state index in [0.717, 1.165) is 6.20 Å². The van der Waals surface area contributed by atoms with Crippen molar-refractivity contribution in [1.82, 2.24) is 15.3 Å². The van der Waals surface area contributed by atoms with Gasteiger partial charge in [-0.2, -0.15) is 4.39 Å². The van der Waals surface area contributed by atoms with Gasteiger partial charge < -0.3 is 15.4 Å². The monoisotopic (exact) mass is 284 g/mol. The number of rotatable bonds is 5.